The third kappa shape index (κ3) is 5.99. The molecular weight excluding hydrogens is 429 g/mol. The molecule has 3 rings (SSSR count). The monoisotopic (exact) mass is 459 g/mol. The second-order valence-corrected chi connectivity index (χ2v) is 6.40. The molecule has 0 amide bonds. The van der Waals surface area contributed by atoms with Crippen LogP contribution < -0.4 is 10.1 Å². The highest BCUT2D eigenvalue weighted by Crippen LogP contribution is 2.20. The molecule has 0 radical (unpaired) electrons. The van der Waals surface area contributed by atoms with Gasteiger partial charge in [0.15, 0.2) is 5.96 Å². The molecule has 6 nitrogen and oxygen atoms in total. The van der Waals surface area contributed by atoms with Crippen LogP contribution in [0.5, 0.6) is 5.75 Å². The summed E-state index contributed by atoms with van der Waals surface area (Å²) in [6.07, 6.45) is 7.44. The second-order valence-electron chi connectivity index (χ2n) is 6.40. The average molecular weight is 459 g/mol. The van der Waals surface area contributed by atoms with Gasteiger partial charge < -0.3 is 15.0 Å². The zero-order valence-corrected chi connectivity index (χ0v) is 17.4. The van der Waals surface area contributed by atoms with Crippen LogP contribution in [-0.4, -0.2) is 72.7 Å². The molecule has 2 saturated heterocycles. The van der Waals surface area contributed by atoms with Gasteiger partial charge in [0.2, 0.25) is 0 Å². The van der Waals surface area contributed by atoms with Gasteiger partial charge >= 0.3 is 0 Å². The molecule has 0 spiro atoms. The van der Waals surface area contributed by atoms with Gasteiger partial charge in [0.25, 0.3) is 0 Å². The van der Waals surface area contributed by atoms with Crippen molar-refractivity contribution < 1.29 is 4.74 Å². The molecule has 7 heteroatoms. The van der Waals surface area contributed by atoms with E-state index in [1.807, 2.05) is 12.1 Å². The minimum absolute atomic E-state index is 0. The first-order valence-corrected chi connectivity index (χ1v) is 9.17. The van der Waals surface area contributed by atoms with E-state index in [1.165, 1.54) is 32.4 Å². The maximum absolute atomic E-state index is 5.68. The molecule has 3 heterocycles. The summed E-state index contributed by atoms with van der Waals surface area (Å²) in [5, 5.41) is 3.42. The van der Waals surface area contributed by atoms with Gasteiger partial charge in [0, 0.05) is 31.9 Å². The number of aliphatic imine (C=N–C) groups is 1. The number of rotatable bonds is 6. The van der Waals surface area contributed by atoms with Crippen LogP contribution in [0.3, 0.4) is 0 Å². The fourth-order valence-corrected chi connectivity index (χ4v) is 3.51. The number of ether oxygens (including phenoxy) is 1. The molecule has 140 valence electrons. The quantitative estimate of drug-likeness (QED) is 0.306. The molecule has 2 aliphatic rings. The maximum atomic E-state index is 5.68. The van der Waals surface area contributed by atoms with Crippen molar-refractivity contribution in [3.05, 3.63) is 24.5 Å². The summed E-state index contributed by atoms with van der Waals surface area (Å²) in [6.45, 7) is 8.97. The Labute approximate surface area is 168 Å². The van der Waals surface area contributed by atoms with Crippen LogP contribution in [-0.2, 0) is 0 Å². The van der Waals surface area contributed by atoms with Gasteiger partial charge in [-0.25, -0.2) is 4.99 Å². The molecule has 0 bridgehead atoms. The van der Waals surface area contributed by atoms with E-state index in [0.29, 0.717) is 19.2 Å². The van der Waals surface area contributed by atoms with Crippen LogP contribution in [0, 0.1) is 0 Å². The number of pyridine rings is 1. The summed E-state index contributed by atoms with van der Waals surface area (Å²) in [5.41, 5.74) is 0. The molecular formula is C18H30IN5O. The van der Waals surface area contributed by atoms with Crippen LogP contribution in [0.4, 0.5) is 0 Å². The van der Waals surface area contributed by atoms with E-state index in [9.17, 15) is 0 Å². The number of nitrogens with one attached hydrogen (secondary N) is 1. The summed E-state index contributed by atoms with van der Waals surface area (Å²) in [5.74, 6) is 1.82. The smallest absolute Gasteiger partial charge is 0.194 e. The van der Waals surface area contributed by atoms with E-state index in [-0.39, 0.29) is 24.0 Å². The van der Waals surface area contributed by atoms with Crippen molar-refractivity contribution in [2.24, 2.45) is 4.99 Å². The normalized spacial score (nSPS) is 21.2. The number of halogens is 1. The predicted molar refractivity (Wildman–Crippen MR) is 112 cm³/mol. The minimum atomic E-state index is 0. The van der Waals surface area contributed by atoms with Crippen molar-refractivity contribution in [1.82, 2.24) is 20.1 Å². The van der Waals surface area contributed by atoms with Crippen molar-refractivity contribution in [2.45, 2.75) is 32.2 Å². The summed E-state index contributed by atoms with van der Waals surface area (Å²) >= 11 is 0. The molecule has 25 heavy (non-hydrogen) atoms. The topological polar surface area (TPSA) is 53.0 Å². The Balaban J connectivity index is 0.00000225. The third-order valence-corrected chi connectivity index (χ3v) is 4.71. The molecule has 2 fully saturated rings. The minimum Gasteiger partial charge on any atom is -0.490 e. The number of likely N-dealkylation sites (tertiary alicyclic amines) is 2. The Morgan fingerprint density at radius 1 is 1.36 bits per heavy atom. The fraction of sp³-hybridized carbons (Fsp3) is 0.667. The average Bonchev–Trinajstić information content (AvgIpc) is 3.29. The highest BCUT2D eigenvalue weighted by Gasteiger charge is 2.30. The van der Waals surface area contributed by atoms with Gasteiger partial charge in [0.05, 0.1) is 12.7 Å². The van der Waals surface area contributed by atoms with Crippen molar-refractivity contribution >= 4 is 29.9 Å². The van der Waals surface area contributed by atoms with Gasteiger partial charge in [-0.05, 0) is 51.4 Å². The predicted octanol–water partition coefficient (Wildman–Crippen LogP) is 2.21. The lowest BCUT2D eigenvalue weighted by atomic mass is 10.2. The Hall–Kier alpha value is -1.09. The zero-order valence-electron chi connectivity index (χ0n) is 15.1. The van der Waals surface area contributed by atoms with Gasteiger partial charge in [-0.3, -0.25) is 9.88 Å². The SMILES string of the molecule is CCNC(=NCCOc1cccnc1)N1CCC(N2CCCC2)C1.I. The Bertz CT molecular complexity index is 521. The molecule has 1 aromatic rings. The van der Waals surface area contributed by atoms with Crippen LogP contribution in [0.15, 0.2) is 29.5 Å². The fourth-order valence-electron chi connectivity index (χ4n) is 3.51. The lowest BCUT2D eigenvalue weighted by Gasteiger charge is -2.25. The molecule has 0 aliphatic carbocycles. The molecule has 1 aromatic heterocycles. The van der Waals surface area contributed by atoms with Gasteiger partial charge in [-0.15, -0.1) is 24.0 Å². The number of hydrogen-bond donors (Lipinski definition) is 1. The number of hydrogen-bond acceptors (Lipinski definition) is 4. The molecule has 1 atom stereocenters. The van der Waals surface area contributed by atoms with Crippen molar-refractivity contribution in [3.63, 3.8) is 0 Å². The lowest BCUT2D eigenvalue weighted by Crippen LogP contribution is -2.42. The number of guanidine groups is 1. The van der Waals surface area contributed by atoms with Crippen LogP contribution >= 0.6 is 24.0 Å². The first-order valence-electron chi connectivity index (χ1n) is 9.17. The first-order chi connectivity index (χ1) is 11.9. The number of aromatic nitrogens is 1. The van der Waals surface area contributed by atoms with E-state index in [0.717, 1.165) is 31.3 Å². The van der Waals surface area contributed by atoms with Crippen LogP contribution in [0.2, 0.25) is 0 Å². The molecule has 1 N–H and O–H groups in total. The first kappa shape index (κ1) is 20.2. The van der Waals surface area contributed by atoms with Gasteiger partial charge in [-0.1, -0.05) is 0 Å². The molecule has 0 saturated carbocycles. The summed E-state index contributed by atoms with van der Waals surface area (Å²) in [4.78, 5) is 13.8. The Morgan fingerprint density at radius 2 is 2.20 bits per heavy atom. The summed E-state index contributed by atoms with van der Waals surface area (Å²) in [6, 6.07) is 4.50. The van der Waals surface area contributed by atoms with Crippen molar-refractivity contribution in [2.75, 3.05) is 45.9 Å². The number of nitrogens with zero attached hydrogens (tertiary/aromatic N) is 4. The van der Waals surface area contributed by atoms with E-state index < -0.39 is 0 Å². The van der Waals surface area contributed by atoms with Crippen molar-refractivity contribution in [3.8, 4) is 5.75 Å². The highest BCUT2D eigenvalue weighted by molar-refractivity contribution is 14.0. The van der Waals surface area contributed by atoms with Crippen LogP contribution in [0.1, 0.15) is 26.2 Å². The highest BCUT2D eigenvalue weighted by atomic mass is 127. The van der Waals surface area contributed by atoms with E-state index in [4.69, 9.17) is 9.73 Å². The largest absolute Gasteiger partial charge is 0.490 e. The molecule has 1 unspecified atom stereocenters. The summed E-state index contributed by atoms with van der Waals surface area (Å²) in [7, 11) is 0. The second kappa shape index (κ2) is 10.8. The maximum Gasteiger partial charge on any atom is 0.194 e. The van der Waals surface area contributed by atoms with Gasteiger partial charge in [0.1, 0.15) is 12.4 Å². The van der Waals surface area contributed by atoms with E-state index in [1.54, 1.807) is 12.4 Å². The van der Waals surface area contributed by atoms with Gasteiger partial charge in [-0.2, -0.15) is 0 Å². The van der Waals surface area contributed by atoms with Crippen molar-refractivity contribution in [1.29, 1.82) is 0 Å². The van der Waals surface area contributed by atoms with Crippen LogP contribution in [0.25, 0.3) is 0 Å². The zero-order chi connectivity index (χ0) is 16.6. The Morgan fingerprint density at radius 3 is 2.92 bits per heavy atom. The molecule has 0 aromatic carbocycles. The third-order valence-electron chi connectivity index (χ3n) is 4.71. The van der Waals surface area contributed by atoms with E-state index in [2.05, 4.69) is 27.0 Å². The molecule has 2 aliphatic heterocycles. The lowest BCUT2D eigenvalue weighted by molar-refractivity contribution is 0.249. The van der Waals surface area contributed by atoms with E-state index >= 15 is 0 Å². The Kier molecular flexibility index (Phi) is 8.74. The standard InChI is InChI=1S/C18H29N5O.HI/c1-2-20-18(21-9-13-24-17-6-5-8-19-14-17)23-12-7-16(15-23)22-10-3-4-11-22;/h5-6,8,14,16H,2-4,7,9-13,15H2,1H3,(H,20,21);1H. The summed E-state index contributed by atoms with van der Waals surface area (Å²) < 4.78 is 5.68.